The molecular weight excluding hydrogens is 689 g/mol. The first-order valence-electron chi connectivity index (χ1n) is 15.9. The zero-order valence-electron chi connectivity index (χ0n) is 27.3. The molecule has 2 aliphatic heterocycles. The quantitative estimate of drug-likeness (QED) is 0.148. The number of allylic oxidation sites excluding steroid dienone is 2. The monoisotopic (exact) mass is 717 g/mol. The van der Waals surface area contributed by atoms with Gasteiger partial charge in [0.25, 0.3) is 0 Å². The van der Waals surface area contributed by atoms with Gasteiger partial charge in [0.15, 0.2) is 5.69 Å². The van der Waals surface area contributed by atoms with Crippen LogP contribution in [0.3, 0.4) is 0 Å². The number of phenolic OH excluding ortho intramolecular Hbond substituents is 1. The molecule has 3 aromatic carbocycles. The second-order valence-electron chi connectivity index (χ2n) is 13.6. The van der Waals surface area contributed by atoms with Gasteiger partial charge in [0.05, 0.1) is 49.4 Å². The molecule has 0 spiro atoms. The maximum Gasteiger partial charge on any atom is 0.301 e. The summed E-state index contributed by atoms with van der Waals surface area (Å²) in [5.74, 6) is -8.02. The van der Waals surface area contributed by atoms with Gasteiger partial charge in [-0.3, -0.25) is 39.4 Å². The molecule has 1 saturated carbocycles. The average Bonchev–Trinajstić information content (AvgIpc) is 3.45. The molecule has 4 amide bonds. The predicted octanol–water partition coefficient (Wildman–Crippen LogP) is 5.50. The molecule has 6 atom stereocenters. The Morgan fingerprint density at radius 3 is 2.08 bits per heavy atom. The zero-order valence-corrected chi connectivity index (χ0v) is 28.0. The van der Waals surface area contributed by atoms with E-state index in [1.54, 1.807) is 25.1 Å². The number of nitrogens with zero attached hydrogens (tertiary/aromatic N) is 5. The summed E-state index contributed by atoms with van der Waals surface area (Å²) in [6.45, 7) is 1.65. The molecule has 4 aliphatic rings. The highest BCUT2D eigenvalue weighted by Crippen LogP contribution is 2.64. The van der Waals surface area contributed by atoms with Crippen molar-refractivity contribution >= 4 is 63.7 Å². The Balaban J connectivity index is 1.35. The van der Waals surface area contributed by atoms with Crippen LogP contribution in [0.4, 0.5) is 32.8 Å². The molecule has 2 saturated heterocycles. The van der Waals surface area contributed by atoms with Gasteiger partial charge in [0.1, 0.15) is 11.6 Å². The smallest absolute Gasteiger partial charge is 0.301 e. The highest BCUT2D eigenvalue weighted by Gasteiger charge is 2.67. The van der Waals surface area contributed by atoms with E-state index in [-0.39, 0.29) is 40.7 Å². The van der Waals surface area contributed by atoms with E-state index in [2.05, 4.69) is 0 Å². The van der Waals surface area contributed by atoms with Gasteiger partial charge in [-0.2, -0.15) is 0 Å². The number of aromatic hydroxyl groups is 1. The van der Waals surface area contributed by atoms with Gasteiger partial charge in [-0.15, -0.1) is 0 Å². The molecule has 0 radical (unpaired) electrons. The molecule has 0 unspecified atom stereocenters. The normalized spacial score (nSPS) is 26.8. The molecule has 2 heterocycles. The minimum absolute atomic E-state index is 0.0270. The van der Waals surface area contributed by atoms with Crippen molar-refractivity contribution in [2.24, 2.45) is 29.1 Å². The van der Waals surface area contributed by atoms with Gasteiger partial charge in [0.2, 0.25) is 23.6 Å². The van der Waals surface area contributed by atoms with E-state index in [9.17, 15) is 48.9 Å². The van der Waals surface area contributed by atoms with Crippen LogP contribution in [0.5, 0.6) is 5.75 Å². The van der Waals surface area contributed by atoms with Crippen molar-refractivity contribution < 1.29 is 38.5 Å². The first kappa shape index (κ1) is 33.8. The van der Waals surface area contributed by atoms with Gasteiger partial charge in [0, 0.05) is 32.1 Å². The third kappa shape index (κ3) is 4.82. The first-order chi connectivity index (χ1) is 24.1. The summed E-state index contributed by atoms with van der Waals surface area (Å²) in [5.41, 5.74) is -2.14. The van der Waals surface area contributed by atoms with Crippen molar-refractivity contribution in [3.63, 3.8) is 0 Å². The van der Waals surface area contributed by atoms with Crippen molar-refractivity contribution in [3.8, 4) is 5.75 Å². The number of carbonyl (C=O) groups is 4. The first-order valence-corrected chi connectivity index (χ1v) is 16.3. The van der Waals surface area contributed by atoms with Crippen LogP contribution in [0.2, 0.25) is 5.02 Å². The van der Waals surface area contributed by atoms with E-state index in [0.29, 0.717) is 11.1 Å². The van der Waals surface area contributed by atoms with E-state index >= 15 is 0 Å². The van der Waals surface area contributed by atoms with Crippen molar-refractivity contribution in [1.82, 2.24) is 0 Å². The van der Waals surface area contributed by atoms with Crippen LogP contribution < -0.4 is 14.7 Å². The highest BCUT2D eigenvalue weighted by atomic mass is 35.5. The Morgan fingerprint density at radius 2 is 1.51 bits per heavy atom. The summed E-state index contributed by atoms with van der Waals surface area (Å²) in [6, 6.07) is 11.5. The second-order valence-corrected chi connectivity index (χ2v) is 14.0. The van der Waals surface area contributed by atoms with Gasteiger partial charge in [-0.25, -0.2) is 14.2 Å². The van der Waals surface area contributed by atoms with Crippen LogP contribution in [0.15, 0.2) is 66.2 Å². The van der Waals surface area contributed by atoms with Gasteiger partial charge >= 0.3 is 11.4 Å². The minimum Gasteiger partial charge on any atom is -0.508 e. The van der Waals surface area contributed by atoms with Crippen molar-refractivity contribution in [1.29, 1.82) is 0 Å². The topological polar surface area (TPSA) is 185 Å². The molecule has 1 N–H and O–H groups in total. The lowest BCUT2D eigenvalue weighted by Gasteiger charge is -2.49. The fraction of sp³-hybridized carbons (Fsp3) is 0.314. The lowest BCUT2D eigenvalue weighted by Crippen LogP contribution is -2.48. The molecule has 14 nitrogen and oxygen atoms in total. The number of hydrogen-bond acceptors (Lipinski definition) is 10. The number of fused-ring (bicyclic) bond motifs is 4. The number of carbonyl (C=O) groups excluding carboxylic acids is 4. The summed E-state index contributed by atoms with van der Waals surface area (Å²) in [4.78, 5) is 82.6. The summed E-state index contributed by atoms with van der Waals surface area (Å²) in [5, 5.41) is 33.9. The van der Waals surface area contributed by atoms with Gasteiger partial charge < -0.3 is 10.0 Å². The van der Waals surface area contributed by atoms with Crippen LogP contribution in [0, 0.1) is 55.1 Å². The zero-order chi connectivity index (χ0) is 36.8. The van der Waals surface area contributed by atoms with E-state index in [0.717, 1.165) is 28.0 Å². The lowest BCUT2D eigenvalue weighted by molar-refractivity contribution is -0.392. The summed E-state index contributed by atoms with van der Waals surface area (Å²) in [7, 11) is 2.79. The van der Waals surface area contributed by atoms with Crippen LogP contribution in [0.25, 0.3) is 0 Å². The van der Waals surface area contributed by atoms with Crippen molar-refractivity contribution in [3.05, 3.63) is 103 Å². The molecule has 51 heavy (non-hydrogen) atoms. The maximum atomic E-state index is 14.5. The van der Waals surface area contributed by atoms with Crippen molar-refractivity contribution in [2.45, 2.75) is 25.7 Å². The fourth-order valence-corrected chi connectivity index (χ4v) is 8.82. The average molecular weight is 718 g/mol. The Hall–Kier alpha value is -5.70. The number of nitro groups is 2. The number of phenols is 1. The van der Waals surface area contributed by atoms with Crippen LogP contribution in [-0.4, -0.2) is 52.7 Å². The SMILES string of the molecule is CN(C)c1c([N+](=O)[O-])cc(N2C(=O)[C@H]3[C@H](CC=C4[C@H]3C[C@H]3C(=O)N(c5ccc(F)c(Cl)c5)C(=O)[C@@]3(C)[C@H]4c3ccc(O)cc3)C2=O)cc1[N+](=O)[O-]. The van der Waals surface area contributed by atoms with Gasteiger partial charge in [-0.1, -0.05) is 35.4 Å². The summed E-state index contributed by atoms with van der Waals surface area (Å²) >= 11 is 6.04. The highest BCUT2D eigenvalue weighted by molar-refractivity contribution is 6.32. The van der Waals surface area contributed by atoms with Crippen LogP contribution >= 0.6 is 11.6 Å². The van der Waals surface area contributed by atoms with Crippen LogP contribution in [0.1, 0.15) is 31.2 Å². The Bertz CT molecular complexity index is 2100. The number of halogens is 2. The molecule has 16 heteroatoms. The molecule has 3 aromatic rings. The largest absolute Gasteiger partial charge is 0.508 e. The minimum atomic E-state index is -1.42. The number of rotatable bonds is 6. The number of hydrogen-bond donors (Lipinski definition) is 1. The summed E-state index contributed by atoms with van der Waals surface area (Å²) < 4.78 is 14.1. The van der Waals surface area contributed by atoms with E-state index in [4.69, 9.17) is 11.6 Å². The number of anilines is 3. The van der Waals surface area contributed by atoms with E-state index in [1.165, 1.54) is 43.3 Å². The predicted molar refractivity (Wildman–Crippen MR) is 181 cm³/mol. The lowest BCUT2D eigenvalue weighted by atomic mass is 9.51. The molecule has 7 rings (SSSR count). The number of imide groups is 2. The Morgan fingerprint density at radius 1 is 0.882 bits per heavy atom. The molecule has 2 aliphatic carbocycles. The number of benzene rings is 3. The maximum absolute atomic E-state index is 14.5. The third-order valence-electron chi connectivity index (χ3n) is 10.8. The molecule has 3 fully saturated rings. The molecule has 0 aromatic heterocycles. The van der Waals surface area contributed by atoms with Crippen molar-refractivity contribution in [2.75, 3.05) is 28.8 Å². The standard InChI is InChI=1S/C35H29ClFN5O9/c1-35-23(32(45)40(34(35)47)17-6-11-25(37)24(36)12-17)15-22-20(29(35)16-4-7-19(43)8-5-16)9-10-21-28(22)33(46)39(31(21)44)18-13-26(41(48)49)30(38(2)3)27(14-18)42(50)51/h4-9,11-14,21-23,28-29,43H,10,15H2,1-3H3/t21-,22+,23-,28-,29-,35+/m0/s1. The number of amides is 4. The third-order valence-corrected chi connectivity index (χ3v) is 11.1. The molecule has 262 valence electrons. The molecule has 0 bridgehead atoms. The second kappa shape index (κ2) is 11.7. The Kier molecular flexibility index (Phi) is 7.74. The van der Waals surface area contributed by atoms with Gasteiger partial charge in [-0.05, 0) is 61.6 Å². The fourth-order valence-electron chi connectivity index (χ4n) is 8.64. The van der Waals surface area contributed by atoms with E-state index < -0.39 is 85.7 Å². The van der Waals surface area contributed by atoms with Crippen LogP contribution in [-0.2, 0) is 19.2 Å². The summed E-state index contributed by atoms with van der Waals surface area (Å²) in [6.07, 6.45) is 1.81. The Labute approximate surface area is 294 Å². The number of nitro benzene ring substituents is 2. The van der Waals surface area contributed by atoms with E-state index in [1.807, 2.05) is 0 Å². The molecular formula is C35H29ClFN5O9.